The summed E-state index contributed by atoms with van der Waals surface area (Å²) in [6.07, 6.45) is 0. The predicted molar refractivity (Wildman–Crippen MR) is 147 cm³/mol. The fourth-order valence-corrected chi connectivity index (χ4v) is 6.34. The number of sulfonamides is 1. The molecule has 1 aromatic heterocycles. The summed E-state index contributed by atoms with van der Waals surface area (Å²) in [4.78, 5) is 17.3. The number of aryl methyl sites for hydroxylation is 1. The Morgan fingerprint density at radius 1 is 1.00 bits per heavy atom. The van der Waals surface area contributed by atoms with Crippen molar-refractivity contribution >= 4 is 39.1 Å². The fraction of sp³-hybridized carbons (Fsp3) is 0.370. The second-order valence-electron chi connectivity index (χ2n) is 9.12. The monoisotopic (exact) mass is 579 g/mol. The molecular weight excluding hydrogens is 549 g/mol. The highest BCUT2D eigenvalue weighted by atomic mass is 35.5. The third kappa shape index (κ3) is 7.59. The number of amides is 1. The number of carbonyl (C=O) groups is 1. The number of nitrogens with zero attached hydrogens (tertiary/aromatic N) is 3. The summed E-state index contributed by atoms with van der Waals surface area (Å²) in [5.41, 5.74) is 0.921. The number of carbonyl (C=O) groups excluding carboxylic acids is 1. The minimum absolute atomic E-state index is 0.0467. The highest BCUT2D eigenvalue weighted by Gasteiger charge is 2.31. The lowest BCUT2D eigenvalue weighted by atomic mass is 10.2. The molecule has 0 bridgehead atoms. The molecule has 0 atom stereocenters. The Hall–Kier alpha value is -2.40. The van der Waals surface area contributed by atoms with Crippen molar-refractivity contribution in [2.75, 3.05) is 45.9 Å². The maximum absolute atomic E-state index is 13.8. The van der Waals surface area contributed by atoms with Crippen LogP contribution in [-0.2, 0) is 32.6 Å². The molecule has 1 aliphatic heterocycles. The molecule has 11 heteroatoms. The molecule has 0 radical (unpaired) electrons. The topological polar surface area (TPSA) is 83.3 Å². The molecule has 1 amide bonds. The number of hydrogen-bond donors (Lipinski definition) is 0. The molecule has 1 fully saturated rings. The lowest BCUT2D eigenvalue weighted by Crippen LogP contribution is -2.47. The van der Waals surface area contributed by atoms with Crippen molar-refractivity contribution in [2.45, 2.75) is 24.9 Å². The first-order valence-corrected chi connectivity index (χ1v) is 14.5. The minimum atomic E-state index is -4.14. The van der Waals surface area contributed by atoms with E-state index in [0.29, 0.717) is 45.2 Å². The second-order valence-corrected chi connectivity index (χ2v) is 11.9. The SMILES string of the molecule is Cc1ccc(CN(Cc2ccccc2)C(=O)CN(CCN2CCOCC2)S(=O)(=O)c2cc(Cl)ccc2Cl)o1. The van der Waals surface area contributed by atoms with Gasteiger partial charge in [-0.25, -0.2) is 8.42 Å². The highest BCUT2D eigenvalue weighted by Crippen LogP contribution is 2.28. The number of morpholine rings is 1. The van der Waals surface area contributed by atoms with Crippen LogP contribution < -0.4 is 0 Å². The van der Waals surface area contributed by atoms with Crippen LogP contribution in [0.25, 0.3) is 0 Å². The van der Waals surface area contributed by atoms with Gasteiger partial charge in [-0.1, -0.05) is 53.5 Å². The van der Waals surface area contributed by atoms with Crippen molar-refractivity contribution in [1.82, 2.24) is 14.1 Å². The quantitative estimate of drug-likeness (QED) is 0.334. The summed E-state index contributed by atoms with van der Waals surface area (Å²) in [5.74, 6) is 0.997. The Bertz CT molecular complexity index is 1330. The van der Waals surface area contributed by atoms with Crippen molar-refractivity contribution in [3.63, 3.8) is 0 Å². The van der Waals surface area contributed by atoms with Gasteiger partial charge < -0.3 is 14.1 Å². The zero-order valence-corrected chi connectivity index (χ0v) is 23.5. The maximum Gasteiger partial charge on any atom is 0.245 e. The van der Waals surface area contributed by atoms with Gasteiger partial charge >= 0.3 is 0 Å². The van der Waals surface area contributed by atoms with Crippen molar-refractivity contribution in [3.8, 4) is 0 Å². The van der Waals surface area contributed by atoms with Crippen molar-refractivity contribution in [3.05, 3.63) is 87.8 Å². The van der Waals surface area contributed by atoms with Gasteiger partial charge in [-0.05, 0) is 42.8 Å². The average Bonchev–Trinajstić information content (AvgIpc) is 3.32. The lowest BCUT2D eigenvalue weighted by Gasteiger charge is -2.31. The Labute approximate surface area is 233 Å². The van der Waals surface area contributed by atoms with Crippen LogP contribution in [0.5, 0.6) is 0 Å². The standard InChI is InChI=1S/C27H31Cl2N3O5S/c1-21-7-9-24(37-21)19-31(18-22-5-3-2-4-6-22)27(33)20-32(12-11-30-13-15-36-16-14-30)38(34,35)26-17-23(28)8-10-25(26)29/h2-10,17H,11-16,18-20H2,1H3. The Morgan fingerprint density at radius 2 is 1.74 bits per heavy atom. The molecular formula is C27H31Cl2N3O5S. The Kier molecular flexibility index (Phi) is 9.86. The van der Waals surface area contributed by atoms with Crippen molar-refractivity contribution in [2.24, 2.45) is 0 Å². The average molecular weight is 581 g/mol. The molecule has 0 saturated carbocycles. The summed E-state index contributed by atoms with van der Waals surface area (Å²) in [6, 6.07) is 17.5. The number of hydrogen-bond acceptors (Lipinski definition) is 6. The molecule has 0 N–H and O–H groups in total. The summed E-state index contributed by atoms with van der Waals surface area (Å²) in [6.45, 7) is 5.09. The van der Waals surface area contributed by atoms with Crippen LogP contribution in [0.1, 0.15) is 17.1 Å². The summed E-state index contributed by atoms with van der Waals surface area (Å²) < 4.78 is 39.9. The Morgan fingerprint density at radius 3 is 2.42 bits per heavy atom. The van der Waals surface area contributed by atoms with Crippen LogP contribution in [-0.4, -0.2) is 74.4 Å². The van der Waals surface area contributed by atoms with Gasteiger partial charge in [0.05, 0.1) is 31.3 Å². The number of rotatable bonds is 11. The molecule has 0 unspecified atom stereocenters. The maximum atomic E-state index is 13.8. The molecule has 0 spiro atoms. The van der Waals surface area contributed by atoms with E-state index in [-0.39, 0.29) is 40.5 Å². The smallest absolute Gasteiger partial charge is 0.245 e. The zero-order valence-electron chi connectivity index (χ0n) is 21.2. The molecule has 2 aromatic carbocycles. The van der Waals surface area contributed by atoms with Crippen molar-refractivity contribution in [1.29, 1.82) is 0 Å². The molecule has 1 saturated heterocycles. The Balaban J connectivity index is 1.60. The van der Waals surface area contributed by atoms with Crippen LogP contribution in [0, 0.1) is 6.92 Å². The molecule has 4 rings (SSSR count). The van der Waals surface area contributed by atoms with Gasteiger partial charge in [-0.15, -0.1) is 0 Å². The van der Waals surface area contributed by atoms with E-state index in [1.54, 1.807) is 4.90 Å². The van der Waals surface area contributed by atoms with Crippen LogP contribution in [0.2, 0.25) is 10.0 Å². The summed E-state index contributed by atoms with van der Waals surface area (Å²) in [7, 11) is -4.14. The minimum Gasteiger partial charge on any atom is -0.464 e. The number of benzene rings is 2. The normalized spacial score (nSPS) is 14.6. The van der Waals surface area contributed by atoms with E-state index >= 15 is 0 Å². The van der Waals surface area contributed by atoms with Gasteiger partial charge in [0.1, 0.15) is 16.4 Å². The van der Waals surface area contributed by atoms with Gasteiger partial charge in [0, 0.05) is 37.7 Å². The first-order chi connectivity index (χ1) is 18.2. The third-order valence-corrected chi connectivity index (χ3v) is 8.87. The van der Waals surface area contributed by atoms with E-state index in [1.165, 1.54) is 22.5 Å². The first kappa shape index (κ1) is 28.6. The molecule has 8 nitrogen and oxygen atoms in total. The largest absolute Gasteiger partial charge is 0.464 e. The van der Waals surface area contributed by atoms with Gasteiger partial charge in [0.25, 0.3) is 0 Å². The van der Waals surface area contributed by atoms with Crippen LogP contribution >= 0.6 is 23.2 Å². The summed E-state index contributed by atoms with van der Waals surface area (Å²) >= 11 is 12.4. The molecule has 0 aliphatic carbocycles. The number of halogens is 2. The van der Waals surface area contributed by atoms with E-state index < -0.39 is 10.0 Å². The fourth-order valence-electron chi connectivity index (χ4n) is 4.22. The van der Waals surface area contributed by atoms with Crippen molar-refractivity contribution < 1.29 is 22.4 Å². The van der Waals surface area contributed by atoms with E-state index in [0.717, 1.165) is 11.3 Å². The van der Waals surface area contributed by atoms with Crippen LogP contribution in [0.15, 0.2) is 70.0 Å². The van der Waals surface area contributed by atoms with E-state index in [2.05, 4.69) is 4.90 Å². The summed E-state index contributed by atoms with van der Waals surface area (Å²) in [5, 5.41) is 0.289. The molecule has 3 aromatic rings. The molecule has 2 heterocycles. The van der Waals surface area contributed by atoms with Crippen LogP contribution in [0.3, 0.4) is 0 Å². The molecule has 204 valence electrons. The lowest BCUT2D eigenvalue weighted by molar-refractivity contribution is -0.133. The number of furan rings is 1. The predicted octanol–water partition coefficient (Wildman–Crippen LogP) is 4.45. The second kappa shape index (κ2) is 13.1. The first-order valence-electron chi connectivity index (χ1n) is 12.3. The van der Waals surface area contributed by atoms with E-state index in [1.807, 2.05) is 49.4 Å². The van der Waals surface area contributed by atoms with E-state index in [9.17, 15) is 13.2 Å². The zero-order chi connectivity index (χ0) is 27.1. The third-order valence-electron chi connectivity index (χ3n) is 6.30. The van der Waals surface area contributed by atoms with Gasteiger partial charge in [0.2, 0.25) is 15.9 Å². The van der Waals surface area contributed by atoms with E-state index in [4.69, 9.17) is 32.4 Å². The molecule has 38 heavy (non-hydrogen) atoms. The van der Waals surface area contributed by atoms with Gasteiger partial charge in [-0.2, -0.15) is 4.31 Å². The van der Waals surface area contributed by atoms with Gasteiger partial charge in [-0.3, -0.25) is 9.69 Å². The highest BCUT2D eigenvalue weighted by molar-refractivity contribution is 7.89. The number of ether oxygens (including phenoxy) is 1. The molecule has 1 aliphatic rings. The van der Waals surface area contributed by atoms with Crippen LogP contribution in [0.4, 0.5) is 0 Å². The van der Waals surface area contributed by atoms with Gasteiger partial charge in [0.15, 0.2) is 0 Å².